The van der Waals surface area contributed by atoms with Crippen molar-refractivity contribution in [3.8, 4) is 0 Å². The van der Waals surface area contributed by atoms with Crippen LogP contribution in [0.4, 0.5) is 0 Å². The van der Waals surface area contributed by atoms with E-state index >= 15 is 0 Å². The van der Waals surface area contributed by atoms with E-state index in [1.165, 1.54) is 19.3 Å². The summed E-state index contributed by atoms with van der Waals surface area (Å²) in [4.78, 5) is 0. The van der Waals surface area contributed by atoms with Crippen LogP contribution in [0.3, 0.4) is 0 Å². The minimum absolute atomic E-state index is 0.114. The van der Waals surface area contributed by atoms with Crippen LogP contribution in [-0.2, 0) is 4.74 Å². The summed E-state index contributed by atoms with van der Waals surface area (Å²) in [6, 6.07) is 0. The van der Waals surface area contributed by atoms with Gasteiger partial charge in [-0.2, -0.15) is 0 Å². The smallest absolute Gasteiger partial charge is 0.0811 e. The van der Waals surface area contributed by atoms with E-state index < -0.39 is 6.10 Å². The molecular formula is C11H23NO2. The third-order valence-corrected chi connectivity index (χ3v) is 3.25. The number of hydrogen-bond acceptors (Lipinski definition) is 3. The van der Waals surface area contributed by atoms with Gasteiger partial charge >= 0.3 is 0 Å². The standard InChI is InChI=1S/C11H23NO2/c1-9(13)10(2)14-11(8-12)6-4-3-5-7-11/h9-10,13H,3-8,12H2,1-2H3. The molecule has 0 aromatic carbocycles. The topological polar surface area (TPSA) is 55.5 Å². The molecule has 3 nitrogen and oxygen atoms in total. The van der Waals surface area contributed by atoms with E-state index in [0.29, 0.717) is 6.54 Å². The maximum atomic E-state index is 9.40. The lowest BCUT2D eigenvalue weighted by Gasteiger charge is -2.39. The molecule has 84 valence electrons. The van der Waals surface area contributed by atoms with E-state index in [1.807, 2.05) is 6.92 Å². The van der Waals surface area contributed by atoms with Crippen LogP contribution in [-0.4, -0.2) is 29.5 Å². The fraction of sp³-hybridized carbons (Fsp3) is 1.00. The van der Waals surface area contributed by atoms with Gasteiger partial charge in [0.05, 0.1) is 17.8 Å². The molecule has 2 unspecified atom stereocenters. The van der Waals surface area contributed by atoms with Crippen molar-refractivity contribution in [1.29, 1.82) is 0 Å². The van der Waals surface area contributed by atoms with E-state index in [9.17, 15) is 5.11 Å². The molecule has 3 heteroatoms. The van der Waals surface area contributed by atoms with Gasteiger partial charge in [0.1, 0.15) is 0 Å². The Labute approximate surface area is 86.6 Å². The predicted molar refractivity (Wildman–Crippen MR) is 57.1 cm³/mol. The monoisotopic (exact) mass is 201 g/mol. The number of rotatable bonds is 4. The molecule has 0 aromatic rings. The molecule has 0 aliphatic heterocycles. The summed E-state index contributed by atoms with van der Waals surface area (Å²) in [5.74, 6) is 0. The zero-order valence-corrected chi connectivity index (χ0v) is 9.33. The lowest BCUT2D eigenvalue weighted by atomic mass is 9.84. The first-order valence-corrected chi connectivity index (χ1v) is 5.65. The summed E-state index contributed by atoms with van der Waals surface area (Å²) in [5.41, 5.74) is 5.62. The number of ether oxygens (including phenoxy) is 1. The molecule has 0 radical (unpaired) electrons. The quantitative estimate of drug-likeness (QED) is 0.723. The van der Waals surface area contributed by atoms with Crippen molar-refractivity contribution in [2.45, 2.75) is 63.8 Å². The molecule has 0 spiro atoms. The second kappa shape index (κ2) is 5.10. The zero-order valence-electron chi connectivity index (χ0n) is 9.33. The maximum Gasteiger partial charge on any atom is 0.0811 e. The van der Waals surface area contributed by atoms with Gasteiger partial charge in [0, 0.05) is 6.54 Å². The summed E-state index contributed by atoms with van der Waals surface area (Å²) >= 11 is 0. The molecule has 0 amide bonds. The van der Waals surface area contributed by atoms with E-state index in [1.54, 1.807) is 6.92 Å². The lowest BCUT2D eigenvalue weighted by molar-refractivity contribution is -0.133. The van der Waals surface area contributed by atoms with Gasteiger partial charge in [-0.3, -0.25) is 0 Å². The summed E-state index contributed by atoms with van der Waals surface area (Å²) in [7, 11) is 0. The van der Waals surface area contributed by atoms with Crippen molar-refractivity contribution in [3.63, 3.8) is 0 Å². The average molecular weight is 201 g/mol. The van der Waals surface area contributed by atoms with Crippen LogP contribution in [0.2, 0.25) is 0 Å². The average Bonchev–Trinajstić information content (AvgIpc) is 2.19. The fourth-order valence-corrected chi connectivity index (χ4v) is 2.06. The minimum atomic E-state index is -0.416. The van der Waals surface area contributed by atoms with Gasteiger partial charge < -0.3 is 15.6 Å². The van der Waals surface area contributed by atoms with Crippen molar-refractivity contribution < 1.29 is 9.84 Å². The normalized spacial score (nSPS) is 25.7. The van der Waals surface area contributed by atoms with Crippen molar-refractivity contribution in [3.05, 3.63) is 0 Å². The molecule has 1 fully saturated rings. The molecule has 1 aliphatic carbocycles. The molecule has 0 aromatic heterocycles. The van der Waals surface area contributed by atoms with Crippen LogP contribution in [0.1, 0.15) is 46.0 Å². The van der Waals surface area contributed by atoms with Gasteiger partial charge in [-0.15, -0.1) is 0 Å². The van der Waals surface area contributed by atoms with Gasteiger partial charge in [-0.05, 0) is 26.7 Å². The minimum Gasteiger partial charge on any atom is -0.391 e. The second-order valence-corrected chi connectivity index (χ2v) is 4.51. The summed E-state index contributed by atoms with van der Waals surface area (Å²) in [5, 5.41) is 9.40. The Morgan fingerprint density at radius 2 is 1.86 bits per heavy atom. The van der Waals surface area contributed by atoms with E-state index in [2.05, 4.69) is 0 Å². The molecule has 0 saturated heterocycles. The third-order valence-electron chi connectivity index (χ3n) is 3.25. The van der Waals surface area contributed by atoms with Gasteiger partial charge in [-0.25, -0.2) is 0 Å². The highest BCUT2D eigenvalue weighted by Crippen LogP contribution is 2.32. The first kappa shape index (κ1) is 12.0. The number of aliphatic hydroxyl groups is 1. The molecule has 0 bridgehead atoms. The highest BCUT2D eigenvalue weighted by Gasteiger charge is 2.33. The van der Waals surface area contributed by atoms with Crippen LogP contribution < -0.4 is 5.73 Å². The van der Waals surface area contributed by atoms with Crippen LogP contribution in [0.5, 0.6) is 0 Å². The fourth-order valence-electron chi connectivity index (χ4n) is 2.06. The maximum absolute atomic E-state index is 9.40. The summed E-state index contributed by atoms with van der Waals surface area (Å²) < 4.78 is 5.91. The molecule has 1 aliphatic rings. The highest BCUT2D eigenvalue weighted by atomic mass is 16.5. The molecule has 14 heavy (non-hydrogen) atoms. The van der Waals surface area contributed by atoms with Gasteiger partial charge in [0.15, 0.2) is 0 Å². The Kier molecular flexibility index (Phi) is 4.35. The van der Waals surface area contributed by atoms with Crippen molar-refractivity contribution >= 4 is 0 Å². The SMILES string of the molecule is CC(O)C(C)OC1(CN)CCCCC1. The highest BCUT2D eigenvalue weighted by molar-refractivity contribution is 4.86. The molecular weight excluding hydrogens is 178 g/mol. The Balaban J connectivity index is 2.51. The lowest BCUT2D eigenvalue weighted by Crippen LogP contribution is -2.46. The molecule has 0 heterocycles. The van der Waals surface area contributed by atoms with Crippen molar-refractivity contribution in [1.82, 2.24) is 0 Å². The summed E-state index contributed by atoms with van der Waals surface area (Å²) in [6.07, 6.45) is 5.24. The Morgan fingerprint density at radius 1 is 1.29 bits per heavy atom. The van der Waals surface area contributed by atoms with Gasteiger partial charge in [-0.1, -0.05) is 19.3 Å². The van der Waals surface area contributed by atoms with Crippen LogP contribution in [0, 0.1) is 0 Å². The van der Waals surface area contributed by atoms with E-state index in [4.69, 9.17) is 10.5 Å². The Morgan fingerprint density at radius 3 is 2.29 bits per heavy atom. The summed E-state index contributed by atoms with van der Waals surface area (Å²) in [6.45, 7) is 4.25. The molecule has 1 saturated carbocycles. The van der Waals surface area contributed by atoms with Crippen molar-refractivity contribution in [2.75, 3.05) is 6.54 Å². The Bertz CT molecular complexity index is 165. The Hall–Kier alpha value is -0.120. The third kappa shape index (κ3) is 2.94. The number of nitrogens with two attached hydrogens (primary N) is 1. The van der Waals surface area contributed by atoms with E-state index in [0.717, 1.165) is 12.8 Å². The van der Waals surface area contributed by atoms with E-state index in [-0.39, 0.29) is 11.7 Å². The first-order chi connectivity index (χ1) is 6.59. The van der Waals surface area contributed by atoms with Crippen molar-refractivity contribution in [2.24, 2.45) is 5.73 Å². The molecule has 3 N–H and O–H groups in total. The van der Waals surface area contributed by atoms with Crippen LogP contribution in [0.25, 0.3) is 0 Å². The van der Waals surface area contributed by atoms with Crippen LogP contribution in [0.15, 0.2) is 0 Å². The zero-order chi connectivity index (χ0) is 10.6. The van der Waals surface area contributed by atoms with Gasteiger partial charge in [0.2, 0.25) is 0 Å². The predicted octanol–water partition coefficient (Wildman–Crippen LogP) is 1.43. The number of aliphatic hydroxyl groups excluding tert-OH is 1. The van der Waals surface area contributed by atoms with Gasteiger partial charge in [0.25, 0.3) is 0 Å². The first-order valence-electron chi connectivity index (χ1n) is 5.65. The largest absolute Gasteiger partial charge is 0.391 e. The second-order valence-electron chi connectivity index (χ2n) is 4.51. The molecule has 1 rings (SSSR count). The number of hydrogen-bond donors (Lipinski definition) is 2. The molecule has 2 atom stereocenters. The van der Waals surface area contributed by atoms with Crippen LogP contribution >= 0.6 is 0 Å².